The molecule has 1 aromatic heterocycles. The van der Waals surface area contributed by atoms with Crippen LogP contribution in [0.25, 0.3) is 21.7 Å². The van der Waals surface area contributed by atoms with Gasteiger partial charge in [-0.1, -0.05) is 18.2 Å². The third-order valence-corrected chi connectivity index (χ3v) is 4.16. The first kappa shape index (κ1) is 9.85. The van der Waals surface area contributed by atoms with Crippen LogP contribution >= 0.6 is 0 Å². The van der Waals surface area contributed by atoms with Gasteiger partial charge in [0.15, 0.2) is 0 Å². The van der Waals surface area contributed by atoms with Crippen molar-refractivity contribution >= 4 is 43.7 Å². The molecule has 0 spiro atoms. The van der Waals surface area contributed by atoms with Crippen LogP contribution in [0.2, 0.25) is 0 Å². The van der Waals surface area contributed by atoms with E-state index >= 15 is 0 Å². The van der Waals surface area contributed by atoms with Gasteiger partial charge in [-0.25, -0.2) is 19.2 Å². The smallest absolute Gasteiger partial charge is 0.116 e. The summed E-state index contributed by atoms with van der Waals surface area (Å²) in [6, 6.07) is 7.77. The van der Waals surface area contributed by atoms with Crippen molar-refractivity contribution in [1.29, 1.82) is 0 Å². The fourth-order valence-electron chi connectivity index (χ4n) is 2.28. The molecule has 1 atom stereocenters. The van der Waals surface area contributed by atoms with Gasteiger partial charge in [-0.05, 0) is 6.07 Å². The van der Waals surface area contributed by atoms with E-state index in [1.54, 1.807) is 6.20 Å². The third-order valence-electron chi connectivity index (χ3n) is 3.10. The Kier molecular flexibility index (Phi) is 1.87. The molecule has 18 heavy (non-hydrogen) atoms. The first-order chi connectivity index (χ1) is 8.84. The van der Waals surface area contributed by atoms with E-state index in [0.717, 1.165) is 32.3 Å². The maximum absolute atomic E-state index is 11.7. The Morgan fingerprint density at radius 3 is 2.89 bits per heavy atom. The number of rotatable bonds is 0. The van der Waals surface area contributed by atoms with Crippen molar-refractivity contribution in [2.75, 3.05) is 0 Å². The van der Waals surface area contributed by atoms with Crippen molar-refractivity contribution in [2.24, 2.45) is 4.99 Å². The molecule has 2 aromatic carbocycles. The van der Waals surface area contributed by atoms with E-state index in [9.17, 15) is 4.21 Å². The normalized spacial score (nSPS) is 17.4. The highest BCUT2D eigenvalue weighted by atomic mass is 32.2. The van der Waals surface area contributed by atoms with Gasteiger partial charge >= 0.3 is 0 Å². The molecule has 1 aliphatic rings. The van der Waals surface area contributed by atoms with Crippen LogP contribution in [0, 0.1) is 0 Å². The van der Waals surface area contributed by atoms with E-state index < -0.39 is 10.8 Å². The summed E-state index contributed by atoms with van der Waals surface area (Å²) in [5.41, 5.74) is 3.18. The molecule has 0 fully saturated rings. The molecule has 0 aliphatic carbocycles. The van der Waals surface area contributed by atoms with Gasteiger partial charge in [0, 0.05) is 22.4 Å². The quantitative estimate of drug-likeness (QED) is 0.578. The SMILES string of the molecule is O=S1C=Nc2c1ccc1c2ccc2cncnc21. The Labute approximate surface area is 105 Å². The monoisotopic (exact) mass is 253 g/mol. The van der Waals surface area contributed by atoms with Crippen LogP contribution in [0.15, 0.2) is 46.7 Å². The van der Waals surface area contributed by atoms with E-state index in [-0.39, 0.29) is 0 Å². The van der Waals surface area contributed by atoms with Crippen molar-refractivity contribution in [2.45, 2.75) is 4.90 Å². The zero-order chi connectivity index (χ0) is 12.1. The van der Waals surface area contributed by atoms with Crippen molar-refractivity contribution in [3.05, 3.63) is 36.8 Å². The lowest BCUT2D eigenvalue weighted by atomic mass is 10.1. The topological polar surface area (TPSA) is 55.2 Å². The lowest BCUT2D eigenvalue weighted by molar-refractivity contribution is 0.691. The van der Waals surface area contributed by atoms with E-state index in [0.29, 0.717) is 0 Å². The molecule has 86 valence electrons. The largest absolute Gasteiger partial charge is 0.248 e. The molecule has 3 aromatic rings. The Hall–Kier alpha value is -2.14. The summed E-state index contributed by atoms with van der Waals surface area (Å²) in [6.45, 7) is 0. The number of hydrogen-bond acceptors (Lipinski definition) is 4. The van der Waals surface area contributed by atoms with Crippen LogP contribution in [-0.2, 0) is 10.8 Å². The van der Waals surface area contributed by atoms with Crippen LogP contribution in [0.4, 0.5) is 5.69 Å². The average molecular weight is 253 g/mol. The molecular weight excluding hydrogens is 246 g/mol. The molecule has 2 heterocycles. The minimum atomic E-state index is -1.11. The molecule has 4 rings (SSSR count). The molecular formula is C13H7N3OS. The van der Waals surface area contributed by atoms with Crippen molar-refractivity contribution in [3.8, 4) is 0 Å². The summed E-state index contributed by atoms with van der Waals surface area (Å²) in [6.07, 6.45) is 3.33. The van der Waals surface area contributed by atoms with Gasteiger partial charge in [-0.3, -0.25) is 0 Å². The Morgan fingerprint density at radius 2 is 1.94 bits per heavy atom. The second-order valence-electron chi connectivity index (χ2n) is 4.07. The van der Waals surface area contributed by atoms with Gasteiger partial charge in [-0.2, -0.15) is 0 Å². The maximum atomic E-state index is 11.7. The number of aromatic nitrogens is 2. The second kappa shape index (κ2) is 3.43. The average Bonchev–Trinajstić information content (AvgIpc) is 2.80. The molecule has 1 unspecified atom stereocenters. The van der Waals surface area contributed by atoms with Gasteiger partial charge < -0.3 is 0 Å². The lowest BCUT2D eigenvalue weighted by Crippen LogP contribution is -1.87. The molecule has 5 heteroatoms. The fourth-order valence-corrected chi connectivity index (χ4v) is 3.15. The van der Waals surface area contributed by atoms with Gasteiger partial charge in [-0.15, -0.1) is 0 Å². The van der Waals surface area contributed by atoms with Crippen LogP contribution in [0.1, 0.15) is 0 Å². The predicted octanol–water partition coefficient (Wildman–Crippen LogP) is 2.56. The standard InChI is InChI=1S/C13H7N3OS/c17-18-7-16-13-10-2-1-8-5-14-6-15-12(8)9(10)3-4-11(13)18/h1-7H. The summed E-state index contributed by atoms with van der Waals surface area (Å²) in [7, 11) is -1.11. The lowest BCUT2D eigenvalue weighted by Gasteiger charge is -2.05. The molecule has 4 nitrogen and oxygen atoms in total. The number of hydrogen-bond donors (Lipinski definition) is 0. The van der Waals surface area contributed by atoms with Crippen LogP contribution in [-0.4, -0.2) is 19.7 Å². The van der Waals surface area contributed by atoms with E-state index in [4.69, 9.17) is 0 Å². The number of fused-ring (bicyclic) bond motifs is 5. The van der Waals surface area contributed by atoms with Crippen molar-refractivity contribution in [3.63, 3.8) is 0 Å². The first-order valence-electron chi connectivity index (χ1n) is 5.45. The first-order valence-corrected chi connectivity index (χ1v) is 6.66. The van der Waals surface area contributed by atoms with E-state index in [2.05, 4.69) is 15.0 Å². The molecule has 0 bridgehead atoms. The molecule has 0 saturated heterocycles. The van der Waals surface area contributed by atoms with Gasteiger partial charge in [0.1, 0.15) is 6.33 Å². The number of nitrogens with zero attached hydrogens (tertiary/aromatic N) is 3. The van der Waals surface area contributed by atoms with Gasteiger partial charge in [0.05, 0.1) is 32.4 Å². The second-order valence-corrected chi connectivity index (χ2v) is 5.31. The van der Waals surface area contributed by atoms with E-state index in [1.165, 1.54) is 11.9 Å². The zero-order valence-corrected chi connectivity index (χ0v) is 10.0. The summed E-state index contributed by atoms with van der Waals surface area (Å²) < 4.78 is 11.7. The van der Waals surface area contributed by atoms with Gasteiger partial charge in [0.2, 0.25) is 0 Å². The van der Waals surface area contributed by atoms with Gasteiger partial charge in [0.25, 0.3) is 0 Å². The predicted molar refractivity (Wildman–Crippen MR) is 71.6 cm³/mol. The minimum absolute atomic E-state index is 0.774. The third kappa shape index (κ3) is 1.19. The Bertz CT molecular complexity index is 857. The Balaban J connectivity index is 2.24. The molecule has 0 N–H and O–H groups in total. The molecule has 0 radical (unpaired) electrons. The molecule has 0 saturated carbocycles. The fraction of sp³-hybridized carbons (Fsp3) is 0. The summed E-state index contributed by atoms with van der Waals surface area (Å²) in [4.78, 5) is 13.4. The molecule has 0 amide bonds. The number of aliphatic imine (C=N–C) groups is 1. The molecule has 1 aliphatic heterocycles. The maximum Gasteiger partial charge on any atom is 0.116 e. The van der Waals surface area contributed by atoms with Crippen LogP contribution in [0.5, 0.6) is 0 Å². The van der Waals surface area contributed by atoms with Crippen molar-refractivity contribution in [1.82, 2.24) is 9.97 Å². The highest BCUT2D eigenvalue weighted by Crippen LogP contribution is 2.37. The van der Waals surface area contributed by atoms with Crippen LogP contribution < -0.4 is 0 Å². The summed E-state index contributed by atoms with van der Waals surface area (Å²) in [5.74, 6) is 0. The van der Waals surface area contributed by atoms with E-state index in [1.807, 2.05) is 24.3 Å². The highest BCUT2D eigenvalue weighted by Gasteiger charge is 2.17. The zero-order valence-electron chi connectivity index (χ0n) is 9.20. The number of benzene rings is 2. The summed E-state index contributed by atoms with van der Waals surface area (Å²) in [5, 5.41) is 3.00. The Morgan fingerprint density at radius 1 is 1.06 bits per heavy atom. The van der Waals surface area contributed by atoms with Crippen LogP contribution in [0.3, 0.4) is 0 Å². The minimum Gasteiger partial charge on any atom is -0.248 e. The highest BCUT2D eigenvalue weighted by molar-refractivity contribution is 7.99. The summed E-state index contributed by atoms with van der Waals surface area (Å²) >= 11 is 0. The van der Waals surface area contributed by atoms with Crippen molar-refractivity contribution < 1.29 is 4.21 Å².